The van der Waals surface area contributed by atoms with Gasteiger partial charge in [-0.3, -0.25) is 4.79 Å². The smallest absolute Gasteiger partial charge is 0.257 e. The summed E-state index contributed by atoms with van der Waals surface area (Å²) in [6.07, 6.45) is 0.723. The van der Waals surface area contributed by atoms with Crippen LogP contribution in [-0.2, 0) is 6.42 Å². The highest BCUT2D eigenvalue weighted by molar-refractivity contribution is 9.10. The molecule has 25 heavy (non-hydrogen) atoms. The number of carbonyl (C=O) groups excluding carboxylic acids is 1. The van der Waals surface area contributed by atoms with E-state index in [4.69, 9.17) is 16.1 Å². The SMILES string of the molecule is Cc1onc(-c2ccc(Br)cc2)c1C(=O)NCCc1ccc(Cl)cc1. The molecule has 3 aromatic rings. The van der Waals surface area contributed by atoms with Gasteiger partial charge in [0.15, 0.2) is 0 Å². The minimum Gasteiger partial charge on any atom is -0.360 e. The van der Waals surface area contributed by atoms with Gasteiger partial charge in [-0.1, -0.05) is 57.0 Å². The summed E-state index contributed by atoms with van der Waals surface area (Å²) < 4.78 is 6.21. The van der Waals surface area contributed by atoms with E-state index in [0.717, 1.165) is 22.0 Å². The van der Waals surface area contributed by atoms with Crippen molar-refractivity contribution in [2.24, 2.45) is 0 Å². The normalized spacial score (nSPS) is 10.7. The maximum Gasteiger partial charge on any atom is 0.257 e. The van der Waals surface area contributed by atoms with E-state index in [2.05, 4.69) is 26.4 Å². The van der Waals surface area contributed by atoms with Crippen LogP contribution in [0.4, 0.5) is 0 Å². The van der Waals surface area contributed by atoms with Crippen LogP contribution >= 0.6 is 27.5 Å². The van der Waals surface area contributed by atoms with Crippen molar-refractivity contribution in [3.63, 3.8) is 0 Å². The van der Waals surface area contributed by atoms with Crippen LogP contribution in [0.1, 0.15) is 21.7 Å². The number of halogens is 2. The van der Waals surface area contributed by atoms with Crippen molar-refractivity contribution < 1.29 is 9.32 Å². The number of rotatable bonds is 5. The molecular weight excluding hydrogens is 404 g/mol. The second-order valence-electron chi connectivity index (χ2n) is 5.60. The van der Waals surface area contributed by atoms with Gasteiger partial charge >= 0.3 is 0 Å². The van der Waals surface area contributed by atoms with Gasteiger partial charge in [0.2, 0.25) is 0 Å². The number of nitrogens with zero attached hydrogens (tertiary/aromatic N) is 1. The highest BCUT2D eigenvalue weighted by atomic mass is 79.9. The number of hydrogen-bond acceptors (Lipinski definition) is 3. The standard InChI is InChI=1S/C19H16BrClN2O2/c1-12-17(18(23-25-12)14-4-6-15(20)7-5-14)19(24)22-11-10-13-2-8-16(21)9-3-13/h2-9H,10-11H2,1H3,(H,22,24). The van der Waals surface area contributed by atoms with E-state index < -0.39 is 0 Å². The second kappa shape index (κ2) is 7.85. The fourth-order valence-corrected chi connectivity index (χ4v) is 2.89. The molecule has 6 heteroatoms. The van der Waals surface area contributed by atoms with Gasteiger partial charge in [-0.25, -0.2) is 0 Å². The van der Waals surface area contributed by atoms with Gasteiger partial charge in [-0.2, -0.15) is 0 Å². The molecule has 0 aliphatic rings. The van der Waals surface area contributed by atoms with Crippen LogP contribution in [0.5, 0.6) is 0 Å². The molecule has 128 valence electrons. The number of carbonyl (C=O) groups is 1. The number of aryl methyl sites for hydroxylation is 1. The van der Waals surface area contributed by atoms with Gasteiger partial charge in [-0.05, 0) is 43.2 Å². The van der Waals surface area contributed by atoms with Crippen molar-refractivity contribution in [2.45, 2.75) is 13.3 Å². The molecule has 0 unspecified atom stereocenters. The summed E-state index contributed by atoms with van der Waals surface area (Å²) in [7, 11) is 0. The number of hydrogen-bond donors (Lipinski definition) is 1. The van der Waals surface area contributed by atoms with E-state index in [1.54, 1.807) is 6.92 Å². The lowest BCUT2D eigenvalue weighted by Crippen LogP contribution is -2.26. The molecule has 0 radical (unpaired) electrons. The summed E-state index contributed by atoms with van der Waals surface area (Å²) in [5, 5.41) is 7.68. The average molecular weight is 420 g/mol. The van der Waals surface area contributed by atoms with Crippen LogP contribution in [-0.4, -0.2) is 17.6 Å². The van der Waals surface area contributed by atoms with Gasteiger partial charge in [-0.15, -0.1) is 0 Å². The third-order valence-electron chi connectivity index (χ3n) is 3.82. The minimum absolute atomic E-state index is 0.189. The Morgan fingerprint density at radius 2 is 1.84 bits per heavy atom. The molecule has 0 fully saturated rings. The summed E-state index contributed by atoms with van der Waals surface area (Å²) in [6, 6.07) is 15.2. The van der Waals surface area contributed by atoms with Gasteiger partial charge in [0.1, 0.15) is 17.0 Å². The molecule has 0 saturated heterocycles. The molecule has 1 heterocycles. The Bertz CT molecular complexity index is 873. The van der Waals surface area contributed by atoms with Gasteiger partial charge < -0.3 is 9.84 Å². The largest absolute Gasteiger partial charge is 0.360 e. The maximum absolute atomic E-state index is 12.6. The van der Waals surface area contributed by atoms with Crippen molar-refractivity contribution in [1.82, 2.24) is 10.5 Å². The zero-order chi connectivity index (χ0) is 17.8. The summed E-state index contributed by atoms with van der Waals surface area (Å²) in [5.74, 6) is 0.313. The summed E-state index contributed by atoms with van der Waals surface area (Å²) in [4.78, 5) is 12.6. The first kappa shape index (κ1) is 17.7. The highest BCUT2D eigenvalue weighted by Gasteiger charge is 2.21. The average Bonchev–Trinajstić information content (AvgIpc) is 2.99. The van der Waals surface area contributed by atoms with E-state index in [1.165, 1.54) is 0 Å². The summed E-state index contributed by atoms with van der Waals surface area (Å²) >= 11 is 9.28. The molecule has 0 spiro atoms. The first-order valence-corrected chi connectivity index (χ1v) is 8.96. The van der Waals surface area contributed by atoms with Gasteiger partial charge in [0.05, 0.1) is 0 Å². The quantitative estimate of drug-likeness (QED) is 0.630. The molecule has 1 N–H and O–H groups in total. The minimum atomic E-state index is -0.189. The predicted octanol–water partition coefficient (Wildman–Crippen LogP) is 5.04. The van der Waals surface area contributed by atoms with Crippen LogP contribution in [0, 0.1) is 6.92 Å². The maximum atomic E-state index is 12.6. The third kappa shape index (κ3) is 4.30. The van der Waals surface area contributed by atoms with Crippen LogP contribution in [0.25, 0.3) is 11.3 Å². The topological polar surface area (TPSA) is 55.1 Å². The van der Waals surface area contributed by atoms with E-state index in [0.29, 0.717) is 28.6 Å². The number of nitrogens with one attached hydrogen (secondary N) is 1. The second-order valence-corrected chi connectivity index (χ2v) is 6.95. The Morgan fingerprint density at radius 1 is 1.16 bits per heavy atom. The monoisotopic (exact) mass is 418 g/mol. The Labute approximate surface area is 159 Å². The van der Waals surface area contributed by atoms with E-state index in [-0.39, 0.29) is 5.91 Å². The van der Waals surface area contributed by atoms with E-state index >= 15 is 0 Å². The molecule has 1 aromatic heterocycles. The molecule has 0 bridgehead atoms. The van der Waals surface area contributed by atoms with Gasteiger partial charge in [0, 0.05) is 21.6 Å². The fraction of sp³-hybridized carbons (Fsp3) is 0.158. The molecule has 0 atom stereocenters. The summed E-state index contributed by atoms with van der Waals surface area (Å²) in [6.45, 7) is 2.26. The lowest BCUT2D eigenvalue weighted by atomic mass is 10.1. The zero-order valence-corrected chi connectivity index (χ0v) is 15.9. The molecule has 1 amide bonds. The van der Waals surface area contributed by atoms with Crippen molar-refractivity contribution in [1.29, 1.82) is 0 Å². The first-order chi connectivity index (χ1) is 12.0. The van der Waals surface area contributed by atoms with Crippen molar-refractivity contribution in [3.05, 3.63) is 74.9 Å². The third-order valence-corrected chi connectivity index (χ3v) is 4.60. The molecular formula is C19H16BrClN2O2. The lowest BCUT2D eigenvalue weighted by molar-refractivity contribution is 0.0953. The molecule has 0 saturated carbocycles. The van der Waals surface area contributed by atoms with Crippen LogP contribution in [0.15, 0.2) is 57.5 Å². The Morgan fingerprint density at radius 3 is 2.52 bits per heavy atom. The zero-order valence-electron chi connectivity index (χ0n) is 13.6. The molecule has 2 aromatic carbocycles. The molecule has 0 aliphatic carbocycles. The van der Waals surface area contributed by atoms with Crippen molar-refractivity contribution in [3.8, 4) is 11.3 Å². The first-order valence-electron chi connectivity index (χ1n) is 7.79. The predicted molar refractivity (Wildman–Crippen MR) is 102 cm³/mol. The Kier molecular flexibility index (Phi) is 5.56. The Hall–Kier alpha value is -2.11. The molecule has 4 nitrogen and oxygen atoms in total. The summed E-state index contributed by atoms with van der Waals surface area (Å²) in [5.41, 5.74) is 2.97. The fourth-order valence-electron chi connectivity index (χ4n) is 2.50. The van der Waals surface area contributed by atoms with Crippen LogP contribution in [0.3, 0.4) is 0 Å². The van der Waals surface area contributed by atoms with Crippen molar-refractivity contribution >= 4 is 33.4 Å². The molecule has 3 rings (SSSR count). The van der Waals surface area contributed by atoms with Crippen LogP contribution in [0.2, 0.25) is 5.02 Å². The van der Waals surface area contributed by atoms with Crippen molar-refractivity contribution in [2.75, 3.05) is 6.54 Å². The Balaban J connectivity index is 1.70. The van der Waals surface area contributed by atoms with E-state index in [1.807, 2.05) is 48.5 Å². The molecule has 0 aliphatic heterocycles. The number of amides is 1. The number of aromatic nitrogens is 1. The lowest BCUT2D eigenvalue weighted by Gasteiger charge is -2.06. The van der Waals surface area contributed by atoms with Crippen LogP contribution < -0.4 is 5.32 Å². The number of benzene rings is 2. The highest BCUT2D eigenvalue weighted by Crippen LogP contribution is 2.26. The van der Waals surface area contributed by atoms with E-state index in [9.17, 15) is 4.79 Å². The van der Waals surface area contributed by atoms with Gasteiger partial charge in [0.25, 0.3) is 5.91 Å².